The van der Waals surface area contributed by atoms with Crippen LogP contribution in [0.25, 0.3) is 0 Å². The summed E-state index contributed by atoms with van der Waals surface area (Å²) in [6.07, 6.45) is 1.16. The first-order valence-electron chi connectivity index (χ1n) is 5.93. The third kappa shape index (κ3) is 1.87. The number of halogens is 2. The van der Waals surface area contributed by atoms with Crippen LogP contribution in [0.15, 0.2) is 4.47 Å². The molecule has 3 rings (SSSR count). The van der Waals surface area contributed by atoms with Gasteiger partial charge in [0.25, 0.3) is 0 Å². The number of aryl methyl sites for hydroxylation is 1. The molecule has 1 unspecified atom stereocenters. The van der Waals surface area contributed by atoms with Crippen LogP contribution in [0.3, 0.4) is 0 Å². The highest BCUT2D eigenvalue weighted by Gasteiger charge is 2.52. The Morgan fingerprint density at radius 3 is 2.61 bits per heavy atom. The van der Waals surface area contributed by atoms with E-state index in [1.807, 2.05) is 7.05 Å². The maximum Gasteiger partial charge on any atom is 0.141 e. The van der Waals surface area contributed by atoms with Crippen LogP contribution in [-0.2, 0) is 7.05 Å². The molecule has 1 atom stereocenters. The number of rotatable bonds is 1. The van der Waals surface area contributed by atoms with Crippen molar-refractivity contribution in [2.75, 3.05) is 25.1 Å². The first kappa shape index (κ1) is 13.6. The molecule has 0 N–H and O–H groups in total. The lowest BCUT2D eigenvalue weighted by Gasteiger charge is -2.34. The number of aromatic nitrogens is 2. The van der Waals surface area contributed by atoms with Gasteiger partial charge >= 0.3 is 0 Å². The molecular formula is C11H15BrClN3S2. The third-order valence-corrected chi connectivity index (χ3v) is 8.95. The topological polar surface area (TPSA) is 21.1 Å². The maximum absolute atomic E-state index is 6.23. The van der Waals surface area contributed by atoms with Gasteiger partial charge < -0.3 is 0 Å². The fraction of sp³-hybridized carbons (Fsp3) is 0.727. The molecule has 7 heteroatoms. The Balaban J connectivity index is 2.03. The van der Waals surface area contributed by atoms with E-state index in [2.05, 4.69) is 56.5 Å². The first-order valence-corrected chi connectivity index (χ1v) is 9.07. The minimum atomic E-state index is 0.167. The average Bonchev–Trinajstić information content (AvgIpc) is 3.01. The van der Waals surface area contributed by atoms with Gasteiger partial charge in [-0.3, -0.25) is 9.58 Å². The van der Waals surface area contributed by atoms with Crippen LogP contribution in [-0.4, -0.2) is 44.0 Å². The van der Waals surface area contributed by atoms with E-state index < -0.39 is 0 Å². The number of hydrogen-bond donors (Lipinski definition) is 0. The highest BCUT2D eigenvalue weighted by molar-refractivity contribution is 9.10. The van der Waals surface area contributed by atoms with Crippen molar-refractivity contribution in [3.8, 4) is 0 Å². The normalized spacial score (nSPS) is 27.4. The molecular weight excluding hydrogens is 354 g/mol. The van der Waals surface area contributed by atoms with Gasteiger partial charge in [-0.2, -0.15) is 5.10 Å². The summed E-state index contributed by atoms with van der Waals surface area (Å²) in [6.45, 7) is 1.13. The van der Waals surface area contributed by atoms with Crippen LogP contribution in [0.5, 0.6) is 0 Å². The molecule has 2 saturated heterocycles. The minimum Gasteiger partial charge on any atom is -0.283 e. The van der Waals surface area contributed by atoms with E-state index in [-0.39, 0.29) is 4.20 Å². The summed E-state index contributed by atoms with van der Waals surface area (Å²) < 4.78 is 2.90. The lowest BCUT2D eigenvalue weighted by molar-refractivity contribution is 0.354. The van der Waals surface area contributed by atoms with E-state index in [1.54, 1.807) is 4.68 Å². The van der Waals surface area contributed by atoms with Crippen molar-refractivity contribution in [1.82, 2.24) is 14.7 Å². The van der Waals surface area contributed by atoms with E-state index in [1.165, 1.54) is 11.5 Å². The molecule has 18 heavy (non-hydrogen) atoms. The second kappa shape index (κ2) is 4.88. The fourth-order valence-corrected chi connectivity index (χ4v) is 7.11. The molecule has 1 aromatic heterocycles. The van der Waals surface area contributed by atoms with Crippen LogP contribution < -0.4 is 0 Å². The van der Waals surface area contributed by atoms with Gasteiger partial charge in [-0.15, -0.1) is 23.5 Å². The Labute approximate surface area is 129 Å². The highest BCUT2D eigenvalue weighted by Crippen LogP contribution is 2.59. The Kier molecular flexibility index (Phi) is 3.69. The van der Waals surface area contributed by atoms with Crippen molar-refractivity contribution in [3.63, 3.8) is 0 Å². The molecule has 3 heterocycles. The summed E-state index contributed by atoms with van der Waals surface area (Å²) in [4.78, 5) is 2.48. The molecule has 1 spiro atoms. The van der Waals surface area contributed by atoms with Crippen molar-refractivity contribution in [3.05, 3.63) is 15.3 Å². The van der Waals surface area contributed by atoms with Crippen molar-refractivity contribution in [2.24, 2.45) is 7.05 Å². The molecule has 2 aliphatic rings. The molecule has 0 bridgehead atoms. The standard InChI is InChI=1S/C11H15BrClN3S2/c1-15-4-3-7(11(15)17-5-6-18-11)9-8(12)10(13)16(2)14-9/h7H,3-6H2,1-2H3. The zero-order valence-electron chi connectivity index (χ0n) is 10.3. The number of nitrogens with zero attached hydrogens (tertiary/aromatic N) is 3. The van der Waals surface area contributed by atoms with Crippen LogP contribution in [0.1, 0.15) is 18.0 Å². The second-order valence-corrected chi connectivity index (χ2v) is 8.75. The zero-order valence-corrected chi connectivity index (χ0v) is 14.3. The summed E-state index contributed by atoms with van der Waals surface area (Å²) in [5.41, 5.74) is 1.12. The van der Waals surface area contributed by atoms with Gasteiger partial charge in [0.2, 0.25) is 0 Å². The quantitative estimate of drug-likeness (QED) is 0.757. The Hall–Kier alpha value is 0.640. The third-order valence-electron chi connectivity index (χ3n) is 3.70. The first-order chi connectivity index (χ1) is 8.56. The molecule has 100 valence electrons. The van der Waals surface area contributed by atoms with E-state index in [4.69, 9.17) is 11.6 Å². The SMILES string of the molecule is CN1CCC(c2nn(C)c(Cl)c2Br)C12SCCS2. The van der Waals surface area contributed by atoms with Crippen molar-refractivity contribution in [2.45, 2.75) is 16.5 Å². The maximum atomic E-state index is 6.23. The predicted molar refractivity (Wildman–Crippen MR) is 83.6 cm³/mol. The number of thioether (sulfide) groups is 2. The second-order valence-electron chi connectivity index (χ2n) is 4.70. The van der Waals surface area contributed by atoms with Crippen molar-refractivity contribution in [1.29, 1.82) is 0 Å². The largest absolute Gasteiger partial charge is 0.283 e. The van der Waals surface area contributed by atoms with Gasteiger partial charge in [0, 0.05) is 31.0 Å². The highest BCUT2D eigenvalue weighted by atomic mass is 79.9. The molecule has 0 aliphatic carbocycles. The van der Waals surface area contributed by atoms with Crippen LogP contribution in [0.2, 0.25) is 5.15 Å². The molecule has 2 fully saturated rings. The van der Waals surface area contributed by atoms with Gasteiger partial charge in [-0.1, -0.05) is 11.6 Å². The number of likely N-dealkylation sites (tertiary alicyclic amines) is 1. The van der Waals surface area contributed by atoms with E-state index >= 15 is 0 Å². The zero-order chi connectivity index (χ0) is 12.9. The van der Waals surface area contributed by atoms with Gasteiger partial charge in [0.15, 0.2) is 0 Å². The summed E-state index contributed by atoms with van der Waals surface area (Å²) in [5.74, 6) is 2.90. The molecule has 0 radical (unpaired) electrons. The predicted octanol–water partition coefficient (Wildman–Crippen LogP) is 3.39. The fourth-order valence-electron chi connectivity index (χ4n) is 2.80. The van der Waals surface area contributed by atoms with Crippen LogP contribution >= 0.6 is 51.1 Å². The van der Waals surface area contributed by atoms with Crippen molar-refractivity contribution < 1.29 is 0 Å². The minimum absolute atomic E-state index is 0.167. The molecule has 1 aromatic rings. The summed E-state index contributed by atoms with van der Waals surface area (Å²) in [6, 6.07) is 0. The summed E-state index contributed by atoms with van der Waals surface area (Å²) >= 11 is 14.0. The Morgan fingerprint density at radius 1 is 1.39 bits per heavy atom. The molecule has 2 aliphatic heterocycles. The average molecular weight is 369 g/mol. The van der Waals surface area contributed by atoms with Crippen LogP contribution in [0, 0.1) is 0 Å². The lowest BCUT2D eigenvalue weighted by Crippen LogP contribution is -2.36. The van der Waals surface area contributed by atoms with E-state index in [0.29, 0.717) is 11.1 Å². The van der Waals surface area contributed by atoms with E-state index in [9.17, 15) is 0 Å². The Morgan fingerprint density at radius 2 is 2.06 bits per heavy atom. The van der Waals surface area contributed by atoms with Gasteiger partial charge in [-0.05, 0) is 29.4 Å². The van der Waals surface area contributed by atoms with Gasteiger partial charge in [-0.25, -0.2) is 0 Å². The number of hydrogen-bond acceptors (Lipinski definition) is 4. The van der Waals surface area contributed by atoms with Crippen LogP contribution in [0.4, 0.5) is 0 Å². The molecule has 0 saturated carbocycles. The van der Waals surface area contributed by atoms with E-state index in [0.717, 1.165) is 23.1 Å². The van der Waals surface area contributed by atoms with Crippen molar-refractivity contribution >= 4 is 51.1 Å². The number of likely N-dealkylation sites (N-methyl/N-ethyl adjacent to an activating group) is 1. The molecule has 0 aromatic carbocycles. The Bertz CT molecular complexity index is 473. The van der Waals surface area contributed by atoms with Gasteiger partial charge in [0.05, 0.1) is 10.2 Å². The lowest BCUT2D eigenvalue weighted by atomic mass is 10.0. The summed E-state index contributed by atoms with van der Waals surface area (Å²) in [5, 5.41) is 5.33. The van der Waals surface area contributed by atoms with Gasteiger partial charge in [0.1, 0.15) is 9.36 Å². The smallest absolute Gasteiger partial charge is 0.141 e. The molecule has 3 nitrogen and oxygen atoms in total. The monoisotopic (exact) mass is 367 g/mol. The summed E-state index contributed by atoms with van der Waals surface area (Å²) in [7, 11) is 4.13. The molecule has 0 amide bonds.